The summed E-state index contributed by atoms with van der Waals surface area (Å²) in [7, 11) is 0. The molecule has 1 N–H and O–H groups in total. The van der Waals surface area contributed by atoms with E-state index in [9.17, 15) is 4.79 Å². The maximum Gasteiger partial charge on any atom is 0.292 e. The molecule has 4 aromatic rings. The van der Waals surface area contributed by atoms with Crippen LogP contribution in [-0.4, -0.2) is 15.7 Å². The van der Waals surface area contributed by atoms with Crippen molar-refractivity contribution >= 4 is 34.9 Å². The van der Waals surface area contributed by atoms with Gasteiger partial charge < -0.3 is 14.5 Å². The van der Waals surface area contributed by atoms with Crippen LogP contribution in [-0.2, 0) is 13.2 Å². The summed E-state index contributed by atoms with van der Waals surface area (Å²) in [4.78, 5) is 12.4. The number of carbonyl (C=O) groups excluding carboxylic acids is 1. The lowest BCUT2D eigenvalue weighted by Crippen LogP contribution is -2.12. The molecule has 8 heteroatoms. The molecule has 1 amide bonds. The predicted molar refractivity (Wildman–Crippen MR) is 115 cm³/mol. The highest BCUT2D eigenvalue weighted by Gasteiger charge is 2.14. The Morgan fingerprint density at radius 2 is 1.93 bits per heavy atom. The van der Waals surface area contributed by atoms with Crippen LogP contribution in [0.25, 0.3) is 0 Å². The van der Waals surface area contributed by atoms with Gasteiger partial charge in [-0.2, -0.15) is 5.10 Å². The van der Waals surface area contributed by atoms with Crippen molar-refractivity contribution in [2.24, 2.45) is 0 Å². The zero-order valence-corrected chi connectivity index (χ0v) is 17.2. The second kappa shape index (κ2) is 9.07. The van der Waals surface area contributed by atoms with E-state index in [4.69, 9.17) is 32.4 Å². The third-order valence-electron chi connectivity index (χ3n) is 4.21. The summed E-state index contributed by atoms with van der Waals surface area (Å²) in [5, 5.41) is 8.25. The average molecular weight is 442 g/mol. The molecule has 0 aliphatic heterocycles. The SMILES string of the molecule is O=C(Nc1ccn(Cc2cccc(Cl)c2)n1)c1ccc(COc2ccccc2Cl)o1. The van der Waals surface area contributed by atoms with E-state index in [2.05, 4.69) is 10.4 Å². The molecule has 0 saturated heterocycles. The Labute approximate surface area is 183 Å². The summed E-state index contributed by atoms with van der Waals surface area (Å²) >= 11 is 12.1. The van der Waals surface area contributed by atoms with Crippen LogP contribution >= 0.6 is 23.2 Å². The Morgan fingerprint density at radius 1 is 1.07 bits per heavy atom. The van der Waals surface area contributed by atoms with Crippen molar-refractivity contribution in [3.05, 3.63) is 100 Å². The minimum Gasteiger partial charge on any atom is -0.484 e. The molecule has 0 spiro atoms. The molecule has 4 rings (SSSR count). The molecule has 0 atom stereocenters. The summed E-state index contributed by atoms with van der Waals surface area (Å²) < 4.78 is 12.9. The second-order valence-electron chi connectivity index (χ2n) is 6.47. The van der Waals surface area contributed by atoms with Crippen molar-refractivity contribution in [3.63, 3.8) is 0 Å². The number of furan rings is 1. The Bertz CT molecular complexity index is 1170. The highest BCUT2D eigenvalue weighted by molar-refractivity contribution is 6.32. The molecule has 0 bridgehead atoms. The number of benzene rings is 2. The van der Waals surface area contributed by atoms with E-state index in [0.717, 1.165) is 5.56 Å². The van der Waals surface area contributed by atoms with E-state index in [-0.39, 0.29) is 12.4 Å². The van der Waals surface area contributed by atoms with Crippen molar-refractivity contribution in [2.75, 3.05) is 5.32 Å². The number of hydrogen-bond donors (Lipinski definition) is 1. The summed E-state index contributed by atoms with van der Waals surface area (Å²) in [6, 6.07) is 19.7. The lowest BCUT2D eigenvalue weighted by atomic mass is 10.2. The first-order valence-electron chi connectivity index (χ1n) is 9.12. The number of ether oxygens (including phenoxy) is 1. The molecule has 0 saturated carbocycles. The van der Waals surface area contributed by atoms with Crippen LogP contribution in [0.5, 0.6) is 5.75 Å². The van der Waals surface area contributed by atoms with Gasteiger partial charge in [0.2, 0.25) is 0 Å². The molecule has 2 aromatic heterocycles. The smallest absolute Gasteiger partial charge is 0.292 e. The first-order chi connectivity index (χ1) is 14.6. The van der Waals surface area contributed by atoms with Crippen LogP contribution < -0.4 is 10.1 Å². The first kappa shape index (κ1) is 20.1. The zero-order chi connectivity index (χ0) is 20.9. The molecular formula is C22H17Cl2N3O3. The summed E-state index contributed by atoms with van der Waals surface area (Å²) in [5.41, 5.74) is 1.01. The summed E-state index contributed by atoms with van der Waals surface area (Å²) in [6.45, 7) is 0.700. The number of rotatable bonds is 7. The number of anilines is 1. The lowest BCUT2D eigenvalue weighted by molar-refractivity contribution is 0.0992. The van der Waals surface area contributed by atoms with Crippen LogP contribution in [0, 0.1) is 0 Å². The van der Waals surface area contributed by atoms with Gasteiger partial charge >= 0.3 is 0 Å². The Balaban J connectivity index is 1.34. The van der Waals surface area contributed by atoms with Crippen LogP contribution in [0.2, 0.25) is 10.0 Å². The predicted octanol–water partition coefficient (Wildman–Crippen LogP) is 5.66. The number of nitrogens with one attached hydrogen (secondary N) is 1. The fourth-order valence-electron chi connectivity index (χ4n) is 2.80. The van der Waals surface area contributed by atoms with Gasteiger partial charge in [-0.3, -0.25) is 9.48 Å². The van der Waals surface area contributed by atoms with E-state index < -0.39 is 5.91 Å². The van der Waals surface area contributed by atoms with Crippen LogP contribution in [0.4, 0.5) is 5.82 Å². The molecule has 0 aliphatic rings. The minimum absolute atomic E-state index is 0.158. The van der Waals surface area contributed by atoms with Crippen molar-refractivity contribution in [1.29, 1.82) is 0 Å². The third kappa shape index (κ3) is 5.03. The molecule has 2 heterocycles. The molecule has 0 aliphatic carbocycles. The fourth-order valence-corrected chi connectivity index (χ4v) is 3.21. The van der Waals surface area contributed by atoms with Gasteiger partial charge in [-0.1, -0.05) is 47.5 Å². The second-order valence-corrected chi connectivity index (χ2v) is 7.31. The van der Waals surface area contributed by atoms with Gasteiger partial charge in [-0.15, -0.1) is 0 Å². The normalized spacial score (nSPS) is 10.7. The topological polar surface area (TPSA) is 69.3 Å². The number of para-hydroxylation sites is 1. The number of hydrogen-bond acceptors (Lipinski definition) is 4. The Morgan fingerprint density at radius 3 is 2.77 bits per heavy atom. The molecule has 0 unspecified atom stereocenters. The number of halogens is 2. The number of aromatic nitrogens is 2. The van der Waals surface area contributed by atoms with Crippen molar-refractivity contribution < 1.29 is 13.9 Å². The molecule has 30 heavy (non-hydrogen) atoms. The molecule has 152 valence electrons. The number of amides is 1. The molecular weight excluding hydrogens is 425 g/mol. The number of nitrogens with zero attached hydrogens (tertiary/aromatic N) is 2. The molecule has 0 fully saturated rings. The lowest BCUT2D eigenvalue weighted by Gasteiger charge is -2.05. The highest BCUT2D eigenvalue weighted by atomic mass is 35.5. The van der Waals surface area contributed by atoms with E-state index in [1.165, 1.54) is 0 Å². The molecule has 6 nitrogen and oxygen atoms in total. The zero-order valence-electron chi connectivity index (χ0n) is 15.7. The Kier molecular flexibility index (Phi) is 6.07. The standard InChI is InChI=1S/C22H17Cl2N3O3/c23-16-5-3-4-15(12-16)13-27-11-10-21(26-27)25-22(28)20-9-8-17(30-20)14-29-19-7-2-1-6-18(19)24/h1-12H,13-14H2,(H,25,26,28). The van der Waals surface area contributed by atoms with Crippen LogP contribution in [0.15, 0.2) is 77.3 Å². The van der Waals surface area contributed by atoms with Gasteiger partial charge in [0.1, 0.15) is 18.1 Å². The van der Waals surface area contributed by atoms with E-state index in [1.807, 2.05) is 36.4 Å². The maximum atomic E-state index is 12.4. The van der Waals surface area contributed by atoms with Gasteiger partial charge in [0.05, 0.1) is 11.6 Å². The minimum atomic E-state index is -0.396. The van der Waals surface area contributed by atoms with Crippen molar-refractivity contribution in [3.8, 4) is 5.75 Å². The Hall–Kier alpha value is -3.22. The van der Waals surface area contributed by atoms with Crippen LogP contribution in [0.3, 0.4) is 0 Å². The highest BCUT2D eigenvalue weighted by Crippen LogP contribution is 2.24. The quantitative estimate of drug-likeness (QED) is 0.401. The van der Waals surface area contributed by atoms with E-state index in [1.54, 1.807) is 41.2 Å². The van der Waals surface area contributed by atoms with Gasteiger partial charge in [-0.25, -0.2) is 0 Å². The van der Waals surface area contributed by atoms with Gasteiger partial charge in [0.25, 0.3) is 5.91 Å². The van der Waals surface area contributed by atoms with Gasteiger partial charge in [-0.05, 0) is 42.0 Å². The van der Waals surface area contributed by atoms with E-state index >= 15 is 0 Å². The maximum absolute atomic E-state index is 12.4. The van der Waals surface area contributed by atoms with Crippen molar-refractivity contribution in [2.45, 2.75) is 13.2 Å². The third-order valence-corrected chi connectivity index (χ3v) is 4.76. The monoisotopic (exact) mass is 441 g/mol. The number of carbonyl (C=O) groups is 1. The van der Waals surface area contributed by atoms with E-state index in [0.29, 0.717) is 33.9 Å². The van der Waals surface area contributed by atoms with Gasteiger partial charge in [0, 0.05) is 17.3 Å². The molecule has 0 radical (unpaired) electrons. The van der Waals surface area contributed by atoms with Crippen molar-refractivity contribution in [1.82, 2.24) is 9.78 Å². The average Bonchev–Trinajstić information content (AvgIpc) is 3.37. The summed E-state index contributed by atoms with van der Waals surface area (Å²) in [5.74, 6) is 1.25. The van der Waals surface area contributed by atoms with Gasteiger partial charge in [0.15, 0.2) is 11.6 Å². The largest absolute Gasteiger partial charge is 0.484 e. The first-order valence-corrected chi connectivity index (χ1v) is 9.88. The van der Waals surface area contributed by atoms with Crippen LogP contribution in [0.1, 0.15) is 21.9 Å². The fraction of sp³-hybridized carbons (Fsp3) is 0.0909. The molecule has 2 aromatic carbocycles. The summed E-state index contributed by atoms with van der Waals surface area (Å²) in [6.07, 6.45) is 1.78.